The molecule has 0 amide bonds. The minimum atomic E-state index is -0.682. The summed E-state index contributed by atoms with van der Waals surface area (Å²) < 4.78 is 5.38. The molecule has 0 spiro atoms. The van der Waals surface area contributed by atoms with E-state index in [2.05, 4.69) is 39.7 Å². The van der Waals surface area contributed by atoms with Crippen molar-refractivity contribution in [2.24, 2.45) is 4.99 Å². The van der Waals surface area contributed by atoms with Gasteiger partial charge in [0.1, 0.15) is 5.76 Å². The fourth-order valence-electron chi connectivity index (χ4n) is 2.81. The van der Waals surface area contributed by atoms with E-state index in [9.17, 15) is 5.11 Å². The zero-order chi connectivity index (χ0) is 19.6. The van der Waals surface area contributed by atoms with Crippen LogP contribution in [0, 0.1) is 0 Å². The van der Waals surface area contributed by atoms with Gasteiger partial charge in [0, 0.05) is 25.4 Å². The molecule has 6 nitrogen and oxygen atoms in total. The molecular formula is C22H27IN4O2. The molecule has 3 rings (SSSR count). The highest BCUT2D eigenvalue weighted by Crippen LogP contribution is 2.13. The Labute approximate surface area is 188 Å². The van der Waals surface area contributed by atoms with Crippen LogP contribution >= 0.6 is 24.0 Å². The fourth-order valence-corrected chi connectivity index (χ4v) is 2.81. The maximum Gasteiger partial charge on any atom is 0.191 e. The highest BCUT2D eigenvalue weighted by molar-refractivity contribution is 14.0. The zero-order valence-electron chi connectivity index (χ0n) is 16.4. The van der Waals surface area contributed by atoms with E-state index in [1.54, 1.807) is 30.8 Å². The van der Waals surface area contributed by atoms with Gasteiger partial charge in [-0.1, -0.05) is 30.3 Å². The molecule has 2 unspecified atom stereocenters. The third-order valence-electron chi connectivity index (χ3n) is 4.41. The number of rotatable bonds is 8. The number of halogens is 1. The Kier molecular flexibility index (Phi) is 9.66. The van der Waals surface area contributed by atoms with Crippen molar-refractivity contribution in [3.05, 3.63) is 90.1 Å². The molecule has 1 aromatic carbocycles. The molecule has 154 valence electrons. The van der Waals surface area contributed by atoms with E-state index in [-0.39, 0.29) is 36.6 Å². The second kappa shape index (κ2) is 12.2. The number of aromatic nitrogens is 1. The quantitative estimate of drug-likeness (QED) is 0.246. The molecule has 0 aliphatic heterocycles. The number of aliphatic hydroxyl groups is 1. The van der Waals surface area contributed by atoms with Gasteiger partial charge in [-0.25, -0.2) is 0 Å². The van der Waals surface area contributed by atoms with Gasteiger partial charge in [0.15, 0.2) is 5.96 Å². The third-order valence-corrected chi connectivity index (χ3v) is 4.41. The molecule has 29 heavy (non-hydrogen) atoms. The summed E-state index contributed by atoms with van der Waals surface area (Å²) in [5.74, 6) is 1.57. The van der Waals surface area contributed by atoms with Crippen molar-refractivity contribution in [1.82, 2.24) is 15.6 Å². The van der Waals surface area contributed by atoms with Crippen LogP contribution in [-0.4, -0.2) is 29.1 Å². The summed E-state index contributed by atoms with van der Waals surface area (Å²) in [6.07, 6.45) is 5.07. The number of benzene rings is 1. The van der Waals surface area contributed by atoms with Gasteiger partial charge >= 0.3 is 0 Å². The Morgan fingerprint density at radius 2 is 1.83 bits per heavy atom. The van der Waals surface area contributed by atoms with Crippen LogP contribution in [0.2, 0.25) is 0 Å². The SMILES string of the molecule is CC(NC(=NCC(O)c1ccncc1)NCCc1ccco1)c1ccccc1.I. The minimum Gasteiger partial charge on any atom is -0.469 e. The summed E-state index contributed by atoms with van der Waals surface area (Å²) in [4.78, 5) is 8.56. The number of hydrogen-bond acceptors (Lipinski definition) is 4. The Bertz CT molecular complexity index is 842. The van der Waals surface area contributed by atoms with E-state index >= 15 is 0 Å². The van der Waals surface area contributed by atoms with Gasteiger partial charge in [-0.05, 0) is 42.3 Å². The number of nitrogens with one attached hydrogen (secondary N) is 2. The number of hydrogen-bond donors (Lipinski definition) is 3. The lowest BCUT2D eigenvalue weighted by molar-refractivity contribution is 0.187. The predicted molar refractivity (Wildman–Crippen MR) is 125 cm³/mol. The van der Waals surface area contributed by atoms with Crippen molar-refractivity contribution in [1.29, 1.82) is 0 Å². The van der Waals surface area contributed by atoms with Crippen molar-refractivity contribution in [2.45, 2.75) is 25.5 Å². The van der Waals surface area contributed by atoms with Crippen molar-refractivity contribution in [2.75, 3.05) is 13.1 Å². The zero-order valence-corrected chi connectivity index (χ0v) is 18.7. The summed E-state index contributed by atoms with van der Waals surface area (Å²) in [5, 5.41) is 17.1. The van der Waals surface area contributed by atoms with Gasteiger partial charge in [-0.2, -0.15) is 0 Å². The fraction of sp³-hybridized carbons (Fsp3) is 0.273. The van der Waals surface area contributed by atoms with Crippen molar-refractivity contribution >= 4 is 29.9 Å². The van der Waals surface area contributed by atoms with Crippen molar-refractivity contribution in [3.63, 3.8) is 0 Å². The maximum atomic E-state index is 10.4. The number of aliphatic hydroxyl groups excluding tert-OH is 1. The molecule has 3 N–H and O–H groups in total. The lowest BCUT2D eigenvalue weighted by Crippen LogP contribution is -2.40. The van der Waals surface area contributed by atoms with E-state index < -0.39 is 6.10 Å². The summed E-state index contributed by atoms with van der Waals surface area (Å²) in [6.45, 7) is 3.01. The second-order valence-corrected chi connectivity index (χ2v) is 6.52. The Morgan fingerprint density at radius 3 is 2.52 bits per heavy atom. The largest absolute Gasteiger partial charge is 0.469 e. The van der Waals surface area contributed by atoms with Crippen molar-refractivity contribution < 1.29 is 9.52 Å². The van der Waals surface area contributed by atoms with Crippen LogP contribution in [-0.2, 0) is 6.42 Å². The molecule has 0 radical (unpaired) electrons. The molecule has 0 fully saturated rings. The first-order chi connectivity index (χ1) is 13.7. The third kappa shape index (κ3) is 7.51. The van der Waals surface area contributed by atoms with Gasteiger partial charge in [-0.3, -0.25) is 9.98 Å². The second-order valence-electron chi connectivity index (χ2n) is 6.52. The van der Waals surface area contributed by atoms with E-state index in [0.29, 0.717) is 12.5 Å². The Hall–Kier alpha value is -2.39. The highest BCUT2D eigenvalue weighted by Gasteiger charge is 2.10. The summed E-state index contributed by atoms with van der Waals surface area (Å²) in [5.41, 5.74) is 1.96. The van der Waals surface area contributed by atoms with Crippen LogP contribution in [0.3, 0.4) is 0 Å². The van der Waals surface area contributed by atoms with Crippen LogP contribution in [0.4, 0.5) is 0 Å². The first-order valence-corrected chi connectivity index (χ1v) is 9.42. The topological polar surface area (TPSA) is 82.7 Å². The molecule has 2 atom stereocenters. The molecule has 2 heterocycles. The van der Waals surface area contributed by atoms with Crippen molar-refractivity contribution in [3.8, 4) is 0 Å². The standard InChI is InChI=1S/C22H26N4O2.HI/c1-17(18-6-3-2-4-7-18)26-22(24-14-11-20-8-5-15-28-20)25-16-21(27)19-9-12-23-13-10-19;/h2-10,12-13,15,17,21,27H,11,14,16H2,1H3,(H2,24,25,26);1H. The van der Waals surface area contributed by atoms with Gasteiger partial charge in [0.05, 0.1) is 25.0 Å². The van der Waals surface area contributed by atoms with Gasteiger partial charge in [0.2, 0.25) is 0 Å². The Balaban J connectivity index is 0.00000300. The molecule has 0 aliphatic carbocycles. The first-order valence-electron chi connectivity index (χ1n) is 9.42. The summed E-state index contributed by atoms with van der Waals surface area (Å²) in [6, 6.07) is 17.7. The predicted octanol–water partition coefficient (Wildman–Crippen LogP) is 3.87. The van der Waals surface area contributed by atoms with Crippen LogP contribution in [0.25, 0.3) is 0 Å². The van der Waals surface area contributed by atoms with E-state index in [1.165, 1.54) is 0 Å². The monoisotopic (exact) mass is 506 g/mol. The minimum absolute atomic E-state index is 0. The number of guanidine groups is 1. The lowest BCUT2D eigenvalue weighted by atomic mass is 10.1. The highest BCUT2D eigenvalue weighted by atomic mass is 127. The molecule has 0 bridgehead atoms. The smallest absolute Gasteiger partial charge is 0.191 e. The lowest BCUT2D eigenvalue weighted by Gasteiger charge is -2.19. The van der Waals surface area contributed by atoms with Gasteiger partial charge < -0.3 is 20.2 Å². The average Bonchev–Trinajstić information content (AvgIpc) is 3.26. The average molecular weight is 506 g/mol. The number of aliphatic imine (C=N–C) groups is 1. The first kappa shape index (κ1) is 22.9. The van der Waals surface area contributed by atoms with Gasteiger partial charge in [0.25, 0.3) is 0 Å². The molecule has 3 aromatic rings. The molecule has 0 aliphatic rings. The number of pyridine rings is 1. The molecule has 0 saturated carbocycles. The number of furan rings is 1. The van der Waals surface area contributed by atoms with Gasteiger partial charge in [-0.15, -0.1) is 24.0 Å². The van der Waals surface area contributed by atoms with Crippen LogP contribution < -0.4 is 10.6 Å². The van der Waals surface area contributed by atoms with E-state index in [0.717, 1.165) is 23.3 Å². The molecule has 2 aromatic heterocycles. The molecular weight excluding hydrogens is 479 g/mol. The van der Waals surface area contributed by atoms with E-state index in [1.807, 2.05) is 30.3 Å². The Morgan fingerprint density at radius 1 is 1.07 bits per heavy atom. The number of nitrogens with zero attached hydrogens (tertiary/aromatic N) is 2. The summed E-state index contributed by atoms with van der Waals surface area (Å²) >= 11 is 0. The summed E-state index contributed by atoms with van der Waals surface area (Å²) in [7, 11) is 0. The maximum absolute atomic E-state index is 10.4. The van der Waals surface area contributed by atoms with Crippen LogP contribution in [0.1, 0.15) is 36.0 Å². The molecule has 0 saturated heterocycles. The molecule has 7 heteroatoms. The van der Waals surface area contributed by atoms with Crippen LogP contribution in [0.15, 0.2) is 82.7 Å². The van der Waals surface area contributed by atoms with E-state index in [4.69, 9.17) is 4.42 Å². The van der Waals surface area contributed by atoms with Crippen LogP contribution in [0.5, 0.6) is 0 Å². The normalized spacial score (nSPS) is 13.2.